The maximum atomic E-state index is 12.6. The topological polar surface area (TPSA) is 41.1 Å². The third-order valence-electron chi connectivity index (χ3n) is 1.86. The molecule has 0 aromatic heterocycles. The molecule has 1 saturated heterocycles. The highest BCUT2D eigenvalue weighted by atomic mass is 19.3. The number of nitrogens with one attached hydrogen (secondary N) is 2. The monoisotopic (exact) mass is 192 g/mol. The van der Waals surface area contributed by atoms with E-state index in [4.69, 9.17) is 0 Å². The van der Waals surface area contributed by atoms with Crippen LogP contribution in [0.5, 0.6) is 0 Å². The van der Waals surface area contributed by atoms with E-state index in [2.05, 4.69) is 10.6 Å². The van der Waals surface area contributed by atoms with Gasteiger partial charge in [0.2, 0.25) is 5.91 Å². The first-order chi connectivity index (χ1) is 5.91. The van der Waals surface area contributed by atoms with Gasteiger partial charge in [-0.15, -0.1) is 0 Å². The predicted molar refractivity (Wildman–Crippen MR) is 44.6 cm³/mol. The maximum Gasteiger partial charge on any atom is 0.262 e. The summed E-state index contributed by atoms with van der Waals surface area (Å²) in [6.45, 7) is 3.19. The smallest absolute Gasteiger partial charge is 0.262 e. The van der Waals surface area contributed by atoms with Gasteiger partial charge < -0.3 is 5.32 Å². The molecule has 1 aliphatic heterocycles. The Hall–Kier alpha value is -0.710. The summed E-state index contributed by atoms with van der Waals surface area (Å²) in [6.07, 6.45) is -0.397. The van der Waals surface area contributed by atoms with E-state index < -0.39 is 24.9 Å². The van der Waals surface area contributed by atoms with Crippen molar-refractivity contribution in [2.24, 2.45) is 0 Å². The minimum absolute atomic E-state index is 0.0106. The van der Waals surface area contributed by atoms with Gasteiger partial charge in [-0.1, -0.05) is 0 Å². The Balaban J connectivity index is 2.42. The van der Waals surface area contributed by atoms with E-state index in [0.29, 0.717) is 0 Å². The van der Waals surface area contributed by atoms with Gasteiger partial charge in [0, 0.05) is 12.5 Å². The van der Waals surface area contributed by atoms with Crippen LogP contribution in [0.3, 0.4) is 0 Å². The summed E-state index contributed by atoms with van der Waals surface area (Å²) in [5.74, 6) is -3.08. The predicted octanol–water partition coefficient (Wildman–Crippen LogP) is 0.508. The second-order valence-corrected chi connectivity index (χ2v) is 3.66. The first-order valence-corrected chi connectivity index (χ1v) is 4.32. The molecule has 1 fully saturated rings. The summed E-state index contributed by atoms with van der Waals surface area (Å²) in [6, 6.07) is -0.749. The van der Waals surface area contributed by atoms with Gasteiger partial charge in [-0.05, 0) is 13.8 Å². The molecule has 1 amide bonds. The van der Waals surface area contributed by atoms with Gasteiger partial charge in [0.05, 0.1) is 12.6 Å². The van der Waals surface area contributed by atoms with Crippen molar-refractivity contribution in [3.63, 3.8) is 0 Å². The maximum absolute atomic E-state index is 12.6. The molecule has 0 aromatic rings. The van der Waals surface area contributed by atoms with Crippen molar-refractivity contribution in [3.05, 3.63) is 0 Å². The third kappa shape index (κ3) is 2.91. The lowest BCUT2D eigenvalue weighted by Gasteiger charge is -2.13. The number of hydrogen-bond donors (Lipinski definition) is 2. The van der Waals surface area contributed by atoms with Crippen molar-refractivity contribution in [1.82, 2.24) is 10.6 Å². The molecule has 5 heteroatoms. The van der Waals surface area contributed by atoms with Crippen LogP contribution >= 0.6 is 0 Å². The zero-order valence-corrected chi connectivity index (χ0v) is 7.73. The molecule has 1 rings (SSSR count). The fourth-order valence-corrected chi connectivity index (χ4v) is 1.29. The zero-order valence-electron chi connectivity index (χ0n) is 7.73. The fraction of sp³-hybridized carbons (Fsp3) is 0.875. The van der Waals surface area contributed by atoms with Crippen molar-refractivity contribution in [2.45, 2.75) is 38.3 Å². The summed E-state index contributed by atoms with van der Waals surface area (Å²) in [5, 5.41) is 5.08. The molecule has 0 radical (unpaired) electrons. The molecule has 2 N–H and O–H groups in total. The van der Waals surface area contributed by atoms with Gasteiger partial charge in [-0.25, -0.2) is 8.78 Å². The van der Waals surface area contributed by atoms with Crippen LogP contribution in [0.25, 0.3) is 0 Å². The van der Waals surface area contributed by atoms with Gasteiger partial charge in [-0.2, -0.15) is 0 Å². The van der Waals surface area contributed by atoms with Crippen LogP contribution in [0, 0.1) is 0 Å². The van der Waals surface area contributed by atoms with E-state index in [1.807, 2.05) is 0 Å². The molecule has 76 valence electrons. The van der Waals surface area contributed by atoms with Gasteiger partial charge in [0.1, 0.15) is 0 Å². The number of halogens is 2. The third-order valence-corrected chi connectivity index (χ3v) is 1.86. The Bertz CT molecular complexity index is 206. The molecule has 1 heterocycles. The minimum atomic E-state index is -2.74. The molecular weight excluding hydrogens is 178 g/mol. The van der Waals surface area contributed by atoms with Gasteiger partial charge in [0.25, 0.3) is 5.92 Å². The molecular formula is C8H14F2N2O. The lowest BCUT2D eigenvalue weighted by atomic mass is 10.2. The van der Waals surface area contributed by atoms with E-state index in [1.54, 1.807) is 13.8 Å². The number of rotatable bonds is 2. The van der Waals surface area contributed by atoms with Crippen LogP contribution in [0.4, 0.5) is 8.78 Å². The van der Waals surface area contributed by atoms with E-state index in [1.165, 1.54) is 0 Å². The average molecular weight is 192 g/mol. The lowest BCUT2D eigenvalue weighted by Crippen LogP contribution is -2.43. The lowest BCUT2D eigenvalue weighted by molar-refractivity contribution is -0.123. The molecule has 1 aliphatic rings. The first-order valence-electron chi connectivity index (χ1n) is 4.32. The highest BCUT2D eigenvalue weighted by Gasteiger charge is 2.42. The van der Waals surface area contributed by atoms with E-state index in [0.717, 1.165) is 0 Å². The summed E-state index contributed by atoms with van der Waals surface area (Å²) in [4.78, 5) is 11.2. The highest BCUT2D eigenvalue weighted by Crippen LogP contribution is 2.24. The molecule has 0 spiro atoms. The summed E-state index contributed by atoms with van der Waals surface area (Å²) in [7, 11) is 0. The van der Waals surface area contributed by atoms with Gasteiger partial charge in [0.15, 0.2) is 0 Å². The van der Waals surface area contributed by atoms with Crippen molar-refractivity contribution in [2.75, 3.05) is 6.54 Å². The molecule has 0 bridgehead atoms. The first kappa shape index (κ1) is 10.4. The fourth-order valence-electron chi connectivity index (χ4n) is 1.29. The Morgan fingerprint density at radius 3 is 2.62 bits per heavy atom. The Morgan fingerprint density at radius 2 is 2.23 bits per heavy atom. The molecule has 0 aromatic carbocycles. The molecule has 0 aliphatic carbocycles. The van der Waals surface area contributed by atoms with Crippen LogP contribution < -0.4 is 10.6 Å². The zero-order chi connectivity index (χ0) is 10.1. The van der Waals surface area contributed by atoms with E-state index in [9.17, 15) is 13.6 Å². The van der Waals surface area contributed by atoms with Crippen LogP contribution in [0.2, 0.25) is 0 Å². The summed E-state index contributed by atoms with van der Waals surface area (Å²) in [5.41, 5.74) is 0. The number of carbonyl (C=O) groups is 1. The van der Waals surface area contributed by atoms with Crippen LogP contribution in [-0.4, -0.2) is 30.5 Å². The largest absolute Gasteiger partial charge is 0.353 e. The van der Waals surface area contributed by atoms with E-state index in [-0.39, 0.29) is 11.9 Å². The normalized spacial score (nSPS) is 26.4. The molecule has 1 atom stereocenters. The average Bonchev–Trinajstić information content (AvgIpc) is 2.28. The summed E-state index contributed by atoms with van der Waals surface area (Å²) >= 11 is 0. The number of alkyl halides is 2. The molecule has 0 saturated carbocycles. The van der Waals surface area contributed by atoms with Gasteiger partial charge in [-0.3, -0.25) is 10.1 Å². The Kier molecular flexibility index (Phi) is 2.85. The summed E-state index contributed by atoms with van der Waals surface area (Å²) < 4.78 is 25.3. The highest BCUT2D eigenvalue weighted by molar-refractivity contribution is 5.82. The van der Waals surface area contributed by atoms with Crippen LogP contribution in [0.1, 0.15) is 20.3 Å². The van der Waals surface area contributed by atoms with E-state index >= 15 is 0 Å². The quantitative estimate of drug-likeness (QED) is 0.669. The van der Waals surface area contributed by atoms with Crippen LogP contribution in [-0.2, 0) is 4.79 Å². The second kappa shape index (κ2) is 3.57. The van der Waals surface area contributed by atoms with Crippen molar-refractivity contribution in [3.8, 4) is 0 Å². The Morgan fingerprint density at radius 1 is 1.62 bits per heavy atom. The molecule has 0 unspecified atom stereocenters. The number of hydrogen-bond acceptors (Lipinski definition) is 2. The SMILES string of the molecule is CC(C)NC(=O)[C@@H]1CC(F)(F)CN1. The second-order valence-electron chi connectivity index (χ2n) is 3.66. The number of carbonyl (C=O) groups excluding carboxylic acids is 1. The van der Waals surface area contributed by atoms with Crippen molar-refractivity contribution < 1.29 is 13.6 Å². The molecule has 3 nitrogen and oxygen atoms in total. The molecule has 13 heavy (non-hydrogen) atoms. The van der Waals surface area contributed by atoms with Gasteiger partial charge >= 0.3 is 0 Å². The minimum Gasteiger partial charge on any atom is -0.353 e. The van der Waals surface area contributed by atoms with Crippen LogP contribution in [0.15, 0.2) is 0 Å². The number of amides is 1. The standard InChI is InChI=1S/C8H14F2N2O/c1-5(2)12-7(13)6-3-8(9,10)4-11-6/h5-6,11H,3-4H2,1-2H3,(H,12,13)/t6-/m0/s1. The van der Waals surface area contributed by atoms with Crippen molar-refractivity contribution >= 4 is 5.91 Å². The van der Waals surface area contributed by atoms with Crippen molar-refractivity contribution in [1.29, 1.82) is 0 Å². The Labute approximate surface area is 75.9 Å².